The van der Waals surface area contributed by atoms with Crippen LogP contribution in [0.15, 0.2) is 28.8 Å². The summed E-state index contributed by atoms with van der Waals surface area (Å²) in [5.74, 6) is 2.60. The fourth-order valence-electron chi connectivity index (χ4n) is 3.11. The summed E-state index contributed by atoms with van der Waals surface area (Å²) in [7, 11) is 0. The summed E-state index contributed by atoms with van der Waals surface area (Å²) in [5, 5.41) is 4.10. The SMILES string of the molecule is NC1CCC(c2nc(C3Cc4ccccc4O3)no2)C1. The van der Waals surface area contributed by atoms with E-state index in [1.165, 1.54) is 5.56 Å². The van der Waals surface area contributed by atoms with Crippen LogP contribution in [0.1, 0.15) is 48.6 Å². The van der Waals surface area contributed by atoms with E-state index >= 15 is 0 Å². The molecular formula is C15H17N3O2. The van der Waals surface area contributed by atoms with Gasteiger partial charge in [0.05, 0.1) is 0 Å². The first-order chi connectivity index (χ1) is 9.79. The molecular weight excluding hydrogens is 254 g/mol. The molecule has 2 aromatic rings. The Hall–Kier alpha value is -1.88. The first-order valence-corrected chi connectivity index (χ1v) is 7.13. The van der Waals surface area contributed by atoms with Gasteiger partial charge < -0.3 is 15.0 Å². The molecule has 1 aliphatic carbocycles. The molecule has 5 heteroatoms. The Morgan fingerprint density at radius 1 is 1.20 bits per heavy atom. The number of aromatic nitrogens is 2. The van der Waals surface area contributed by atoms with Crippen LogP contribution in [0.3, 0.4) is 0 Å². The van der Waals surface area contributed by atoms with Gasteiger partial charge in [-0.1, -0.05) is 23.4 Å². The van der Waals surface area contributed by atoms with Gasteiger partial charge in [-0.25, -0.2) is 0 Å². The van der Waals surface area contributed by atoms with E-state index in [4.69, 9.17) is 15.0 Å². The van der Waals surface area contributed by atoms with Crippen LogP contribution in [-0.2, 0) is 6.42 Å². The minimum Gasteiger partial charge on any atom is -0.482 e. The van der Waals surface area contributed by atoms with Crippen molar-refractivity contribution >= 4 is 0 Å². The van der Waals surface area contributed by atoms with Gasteiger partial charge in [0.2, 0.25) is 11.7 Å². The first kappa shape index (κ1) is 11.9. The summed E-state index contributed by atoms with van der Waals surface area (Å²) in [6, 6.07) is 8.32. The second-order valence-corrected chi connectivity index (χ2v) is 5.68. The highest BCUT2D eigenvalue weighted by Gasteiger charge is 2.32. The van der Waals surface area contributed by atoms with Gasteiger partial charge in [-0.3, -0.25) is 0 Å². The number of rotatable bonds is 2. The van der Waals surface area contributed by atoms with Gasteiger partial charge in [0.25, 0.3) is 0 Å². The topological polar surface area (TPSA) is 74.2 Å². The summed E-state index contributed by atoms with van der Waals surface area (Å²) < 4.78 is 11.3. The van der Waals surface area contributed by atoms with E-state index in [2.05, 4.69) is 16.2 Å². The maximum absolute atomic E-state index is 5.93. The summed E-state index contributed by atoms with van der Waals surface area (Å²) in [6.45, 7) is 0. The molecule has 2 heterocycles. The molecule has 1 saturated carbocycles. The lowest BCUT2D eigenvalue weighted by molar-refractivity contribution is 0.220. The van der Waals surface area contributed by atoms with E-state index in [0.29, 0.717) is 17.6 Å². The zero-order chi connectivity index (χ0) is 13.5. The molecule has 1 aromatic heterocycles. The fourth-order valence-corrected chi connectivity index (χ4v) is 3.11. The van der Waals surface area contributed by atoms with Crippen LogP contribution in [0.25, 0.3) is 0 Å². The number of ether oxygens (including phenoxy) is 1. The standard InChI is InChI=1S/C15H17N3O2/c16-11-6-5-10(7-11)15-17-14(18-20-15)13-8-9-3-1-2-4-12(9)19-13/h1-4,10-11,13H,5-8,16H2. The number of nitrogens with two attached hydrogens (primary N) is 1. The quantitative estimate of drug-likeness (QED) is 0.907. The summed E-state index contributed by atoms with van der Waals surface area (Å²) >= 11 is 0. The van der Waals surface area contributed by atoms with Crippen molar-refractivity contribution in [3.05, 3.63) is 41.5 Å². The molecule has 0 spiro atoms. The molecule has 3 unspecified atom stereocenters. The minimum absolute atomic E-state index is 0.125. The monoisotopic (exact) mass is 271 g/mol. The molecule has 1 fully saturated rings. The van der Waals surface area contributed by atoms with Gasteiger partial charge in [0.15, 0.2) is 6.10 Å². The van der Waals surface area contributed by atoms with E-state index in [9.17, 15) is 0 Å². The van der Waals surface area contributed by atoms with Crippen LogP contribution >= 0.6 is 0 Å². The Kier molecular flexibility index (Phi) is 2.73. The van der Waals surface area contributed by atoms with E-state index in [1.54, 1.807) is 0 Å². The third-order valence-corrected chi connectivity index (χ3v) is 4.22. The molecule has 0 radical (unpaired) electrons. The highest BCUT2D eigenvalue weighted by molar-refractivity contribution is 5.37. The fraction of sp³-hybridized carbons (Fsp3) is 0.467. The summed E-state index contributed by atoms with van der Waals surface area (Å²) in [6.07, 6.45) is 3.69. The molecule has 3 atom stereocenters. The summed E-state index contributed by atoms with van der Waals surface area (Å²) in [5.41, 5.74) is 7.14. The van der Waals surface area contributed by atoms with Crippen molar-refractivity contribution in [3.63, 3.8) is 0 Å². The van der Waals surface area contributed by atoms with E-state index in [-0.39, 0.29) is 12.1 Å². The highest BCUT2D eigenvalue weighted by atomic mass is 16.5. The van der Waals surface area contributed by atoms with E-state index in [1.807, 2.05) is 18.2 Å². The van der Waals surface area contributed by atoms with Gasteiger partial charge in [-0.2, -0.15) is 4.98 Å². The molecule has 0 amide bonds. The van der Waals surface area contributed by atoms with Gasteiger partial charge in [0.1, 0.15) is 5.75 Å². The predicted octanol–water partition coefficient (Wildman–Crippen LogP) is 2.34. The molecule has 1 aliphatic heterocycles. The molecule has 5 nitrogen and oxygen atoms in total. The minimum atomic E-state index is -0.125. The number of hydrogen-bond acceptors (Lipinski definition) is 5. The Morgan fingerprint density at radius 3 is 2.90 bits per heavy atom. The van der Waals surface area contributed by atoms with Crippen LogP contribution in [0.5, 0.6) is 5.75 Å². The maximum atomic E-state index is 5.93. The Morgan fingerprint density at radius 2 is 2.10 bits per heavy atom. The molecule has 20 heavy (non-hydrogen) atoms. The van der Waals surface area contributed by atoms with Crippen molar-refractivity contribution in [1.82, 2.24) is 10.1 Å². The third kappa shape index (κ3) is 1.98. The highest BCUT2D eigenvalue weighted by Crippen LogP contribution is 2.37. The number of benzene rings is 1. The molecule has 0 saturated heterocycles. The van der Waals surface area contributed by atoms with Crippen LogP contribution in [0, 0.1) is 0 Å². The molecule has 1 aromatic carbocycles. The number of fused-ring (bicyclic) bond motifs is 1. The lowest BCUT2D eigenvalue weighted by Crippen LogP contribution is -2.14. The van der Waals surface area contributed by atoms with Crippen LogP contribution in [0.4, 0.5) is 0 Å². The Balaban J connectivity index is 1.52. The van der Waals surface area contributed by atoms with Crippen LogP contribution in [-0.4, -0.2) is 16.2 Å². The van der Waals surface area contributed by atoms with Crippen molar-refractivity contribution in [1.29, 1.82) is 0 Å². The van der Waals surface area contributed by atoms with Gasteiger partial charge >= 0.3 is 0 Å². The molecule has 0 bridgehead atoms. The van der Waals surface area contributed by atoms with Gasteiger partial charge in [-0.15, -0.1) is 0 Å². The summed E-state index contributed by atoms with van der Waals surface area (Å²) in [4.78, 5) is 4.53. The van der Waals surface area contributed by atoms with Crippen LogP contribution < -0.4 is 10.5 Å². The zero-order valence-electron chi connectivity index (χ0n) is 11.2. The van der Waals surface area contributed by atoms with Crippen molar-refractivity contribution in [2.45, 2.75) is 43.7 Å². The van der Waals surface area contributed by atoms with Gasteiger partial charge in [-0.05, 0) is 30.9 Å². The first-order valence-electron chi connectivity index (χ1n) is 7.13. The van der Waals surface area contributed by atoms with Crippen molar-refractivity contribution in [2.75, 3.05) is 0 Å². The van der Waals surface area contributed by atoms with Crippen molar-refractivity contribution in [2.24, 2.45) is 5.73 Å². The van der Waals surface area contributed by atoms with E-state index < -0.39 is 0 Å². The van der Waals surface area contributed by atoms with Crippen molar-refractivity contribution in [3.8, 4) is 5.75 Å². The normalized spacial score (nSPS) is 28.4. The molecule has 2 aliphatic rings. The molecule has 104 valence electrons. The Labute approximate surface area is 117 Å². The number of hydrogen-bond donors (Lipinski definition) is 1. The van der Waals surface area contributed by atoms with Crippen LogP contribution in [0.2, 0.25) is 0 Å². The lowest BCUT2D eigenvalue weighted by atomic mass is 10.1. The second kappa shape index (κ2) is 4.59. The molecule has 2 N–H and O–H groups in total. The van der Waals surface area contributed by atoms with E-state index in [0.717, 1.165) is 31.4 Å². The molecule has 4 rings (SSSR count). The predicted molar refractivity (Wildman–Crippen MR) is 72.4 cm³/mol. The largest absolute Gasteiger partial charge is 0.482 e. The second-order valence-electron chi connectivity index (χ2n) is 5.68. The average Bonchev–Trinajstić information content (AvgIpc) is 3.16. The van der Waals surface area contributed by atoms with Gasteiger partial charge in [0, 0.05) is 18.4 Å². The number of para-hydroxylation sites is 1. The lowest BCUT2D eigenvalue weighted by Gasteiger charge is -2.05. The van der Waals surface area contributed by atoms with Crippen molar-refractivity contribution < 1.29 is 9.26 Å². The third-order valence-electron chi connectivity index (χ3n) is 4.22. The smallest absolute Gasteiger partial charge is 0.229 e. The maximum Gasteiger partial charge on any atom is 0.229 e. The number of nitrogens with zero attached hydrogens (tertiary/aromatic N) is 2. The zero-order valence-corrected chi connectivity index (χ0v) is 11.2. The Bertz CT molecular complexity index is 600. The average molecular weight is 271 g/mol.